The van der Waals surface area contributed by atoms with E-state index in [2.05, 4.69) is 25.1 Å². The van der Waals surface area contributed by atoms with Gasteiger partial charge in [-0.1, -0.05) is 31.2 Å². The van der Waals surface area contributed by atoms with Gasteiger partial charge in [0.05, 0.1) is 6.10 Å². The number of benzene rings is 1. The van der Waals surface area contributed by atoms with Crippen molar-refractivity contribution in [1.29, 1.82) is 0 Å². The van der Waals surface area contributed by atoms with Crippen molar-refractivity contribution in [1.82, 2.24) is 0 Å². The van der Waals surface area contributed by atoms with Crippen molar-refractivity contribution in [2.75, 3.05) is 0 Å². The minimum atomic E-state index is -0.183. The Morgan fingerprint density at radius 2 is 1.85 bits per heavy atom. The molecule has 1 fully saturated rings. The van der Waals surface area contributed by atoms with Crippen molar-refractivity contribution in [3.63, 3.8) is 0 Å². The van der Waals surface area contributed by atoms with Crippen LogP contribution in [0.2, 0.25) is 0 Å². The van der Waals surface area contributed by atoms with E-state index < -0.39 is 0 Å². The Hall–Kier alpha value is -0.820. The van der Waals surface area contributed by atoms with E-state index in [1.165, 1.54) is 17.5 Å². The molecule has 68 valence electrons. The van der Waals surface area contributed by atoms with Gasteiger partial charge in [-0.2, -0.15) is 0 Å². The number of hydrogen-bond acceptors (Lipinski definition) is 1. The molecule has 0 heterocycles. The average molecular weight is 174 g/mol. The van der Waals surface area contributed by atoms with Crippen LogP contribution in [0.4, 0.5) is 0 Å². The highest BCUT2D eigenvalue weighted by atomic mass is 16.3. The molecule has 1 aromatic rings. The molecule has 0 saturated heterocycles. The Labute approximate surface area is 78.4 Å². The fraction of sp³-hybridized carbons (Fsp3) is 0.500. The third-order valence-corrected chi connectivity index (χ3v) is 3.74. The Bertz CT molecular complexity index is 312. The molecule has 0 aromatic heterocycles. The molecule has 0 unspecified atom stereocenters. The van der Waals surface area contributed by atoms with Crippen LogP contribution in [0.15, 0.2) is 24.3 Å². The average Bonchev–Trinajstić information content (AvgIpc) is 2.94. The maximum atomic E-state index is 9.99. The van der Waals surface area contributed by atoms with Crippen molar-refractivity contribution >= 4 is 0 Å². The van der Waals surface area contributed by atoms with Crippen LogP contribution in [0.3, 0.4) is 0 Å². The fourth-order valence-corrected chi connectivity index (χ4v) is 2.83. The van der Waals surface area contributed by atoms with Crippen LogP contribution in [-0.4, -0.2) is 5.11 Å². The molecule has 2 aliphatic rings. The summed E-state index contributed by atoms with van der Waals surface area (Å²) in [6.45, 7) is 2.29. The third kappa shape index (κ3) is 0.910. The van der Waals surface area contributed by atoms with E-state index in [1.807, 2.05) is 6.07 Å². The molecule has 0 aliphatic heterocycles. The minimum Gasteiger partial charge on any atom is -0.388 e. The lowest BCUT2D eigenvalue weighted by atomic mass is 9.82. The topological polar surface area (TPSA) is 20.2 Å². The highest BCUT2D eigenvalue weighted by Gasteiger charge is 2.50. The zero-order chi connectivity index (χ0) is 9.00. The van der Waals surface area contributed by atoms with E-state index in [0.29, 0.717) is 11.8 Å². The minimum absolute atomic E-state index is 0.183. The third-order valence-electron chi connectivity index (χ3n) is 3.74. The zero-order valence-corrected chi connectivity index (χ0v) is 7.77. The van der Waals surface area contributed by atoms with Crippen LogP contribution in [0.25, 0.3) is 0 Å². The summed E-state index contributed by atoms with van der Waals surface area (Å²) in [4.78, 5) is 0. The van der Waals surface area contributed by atoms with Crippen LogP contribution in [0, 0.1) is 11.8 Å². The van der Waals surface area contributed by atoms with Crippen LogP contribution in [0.1, 0.15) is 36.5 Å². The van der Waals surface area contributed by atoms with Gasteiger partial charge in [0.1, 0.15) is 0 Å². The van der Waals surface area contributed by atoms with Crippen LogP contribution >= 0.6 is 0 Å². The number of fused-ring (bicyclic) bond motifs is 2. The first-order valence-corrected chi connectivity index (χ1v) is 5.06. The van der Waals surface area contributed by atoms with Crippen LogP contribution < -0.4 is 0 Å². The number of aliphatic hydroxyl groups is 1. The van der Waals surface area contributed by atoms with E-state index in [9.17, 15) is 5.11 Å². The van der Waals surface area contributed by atoms with Crippen molar-refractivity contribution in [3.8, 4) is 0 Å². The van der Waals surface area contributed by atoms with Gasteiger partial charge in [-0.3, -0.25) is 0 Å². The number of hydrogen-bond donors (Lipinski definition) is 1. The Morgan fingerprint density at radius 3 is 2.62 bits per heavy atom. The summed E-state index contributed by atoms with van der Waals surface area (Å²) in [6, 6.07) is 8.34. The second-order valence-electron chi connectivity index (χ2n) is 4.43. The van der Waals surface area contributed by atoms with Crippen molar-refractivity contribution in [2.24, 2.45) is 11.8 Å². The van der Waals surface area contributed by atoms with Gasteiger partial charge in [0.2, 0.25) is 0 Å². The number of aliphatic hydroxyl groups excluding tert-OH is 1. The van der Waals surface area contributed by atoms with Crippen LogP contribution in [-0.2, 0) is 0 Å². The van der Waals surface area contributed by atoms with Gasteiger partial charge in [-0.05, 0) is 35.3 Å². The first-order valence-electron chi connectivity index (χ1n) is 5.06. The van der Waals surface area contributed by atoms with Gasteiger partial charge < -0.3 is 5.11 Å². The monoisotopic (exact) mass is 174 g/mol. The molecule has 1 saturated carbocycles. The highest BCUT2D eigenvalue weighted by Crippen LogP contribution is 2.59. The maximum Gasteiger partial charge on any atom is 0.0823 e. The largest absolute Gasteiger partial charge is 0.388 e. The van der Waals surface area contributed by atoms with E-state index in [-0.39, 0.29) is 6.10 Å². The highest BCUT2D eigenvalue weighted by molar-refractivity contribution is 5.38. The molecular weight excluding hydrogens is 160 g/mol. The Kier molecular flexibility index (Phi) is 1.37. The van der Waals surface area contributed by atoms with Gasteiger partial charge in [-0.25, -0.2) is 0 Å². The summed E-state index contributed by atoms with van der Waals surface area (Å²) in [7, 11) is 0. The first kappa shape index (κ1) is 7.57. The molecule has 1 N–H and O–H groups in total. The lowest BCUT2D eigenvalue weighted by Crippen LogP contribution is -2.15. The molecule has 0 bridgehead atoms. The molecule has 2 aliphatic carbocycles. The van der Waals surface area contributed by atoms with Crippen LogP contribution in [0.5, 0.6) is 0 Å². The van der Waals surface area contributed by atoms with Gasteiger partial charge in [0.25, 0.3) is 0 Å². The Morgan fingerprint density at radius 1 is 1.15 bits per heavy atom. The lowest BCUT2D eigenvalue weighted by Gasteiger charge is -2.25. The first-order chi connectivity index (χ1) is 6.29. The molecular formula is C12H14O. The van der Waals surface area contributed by atoms with E-state index in [0.717, 1.165) is 5.92 Å². The smallest absolute Gasteiger partial charge is 0.0823 e. The van der Waals surface area contributed by atoms with Gasteiger partial charge >= 0.3 is 0 Å². The summed E-state index contributed by atoms with van der Waals surface area (Å²) in [5, 5.41) is 9.99. The molecule has 1 nitrogen and oxygen atoms in total. The molecule has 3 rings (SSSR count). The van der Waals surface area contributed by atoms with E-state index >= 15 is 0 Å². The zero-order valence-electron chi connectivity index (χ0n) is 7.77. The molecule has 0 amide bonds. The molecule has 1 heteroatoms. The molecule has 0 spiro atoms. The molecule has 1 aromatic carbocycles. The second kappa shape index (κ2) is 2.36. The van der Waals surface area contributed by atoms with E-state index in [4.69, 9.17) is 0 Å². The normalized spacial score (nSPS) is 40.8. The van der Waals surface area contributed by atoms with Gasteiger partial charge in [0, 0.05) is 0 Å². The molecule has 0 radical (unpaired) electrons. The molecule has 13 heavy (non-hydrogen) atoms. The predicted molar refractivity (Wildman–Crippen MR) is 51.4 cm³/mol. The summed E-state index contributed by atoms with van der Waals surface area (Å²) >= 11 is 0. The van der Waals surface area contributed by atoms with E-state index in [1.54, 1.807) is 0 Å². The summed E-state index contributed by atoms with van der Waals surface area (Å²) < 4.78 is 0. The number of rotatable bonds is 0. The standard InChI is InChI=1S/C12H14O/c1-7-8-4-2-3-5-9(8)12(13)11-6-10(7)11/h2-5,7,10-13H,6H2,1H3/t7-,10+,11+,12-/m1/s1. The second-order valence-corrected chi connectivity index (χ2v) is 4.43. The molecule has 4 atom stereocenters. The summed E-state index contributed by atoms with van der Waals surface area (Å²) in [6.07, 6.45) is 1.04. The lowest BCUT2D eigenvalue weighted by molar-refractivity contribution is 0.136. The fourth-order valence-electron chi connectivity index (χ4n) is 2.83. The van der Waals surface area contributed by atoms with Gasteiger partial charge in [0.15, 0.2) is 0 Å². The summed E-state index contributed by atoms with van der Waals surface area (Å²) in [5.41, 5.74) is 2.54. The predicted octanol–water partition coefficient (Wildman–Crippen LogP) is 2.47. The Balaban J connectivity index is 2.15. The van der Waals surface area contributed by atoms with Gasteiger partial charge in [-0.15, -0.1) is 0 Å². The maximum absolute atomic E-state index is 9.99. The van der Waals surface area contributed by atoms with Crippen molar-refractivity contribution < 1.29 is 5.11 Å². The quantitative estimate of drug-likeness (QED) is 0.640. The SMILES string of the molecule is C[C@@H]1c2ccccc2[C@@H](O)[C@H]2C[C@H]21. The summed E-state index contributed by atoms with van der Waals surface area (Å²) in [5.74, 6) is 1.97. The van der Waals surface area contributed by atoms with Crippen molar-refractivity contribution in [3.05, 3.63) is 35.4 Å². The van der Waals surface area contributed by atoms with Crippen molar-refractivity contribution in [2.45, 2.75) is 25.4 Å².